The highest BCUT2D eigenvalue weighted by atomic mass is 35.5. The van der Waals surface area contributed by atoms with Crippen LogP contribution in [0.1, 0.15) is 28.2 Å². The van der Waals surface area contributed by atoms with E-state index in [1.54, 1.807) is 23.1 Å². The molecule has 3 aromatic heterocycles. The fourth-order valence-corrected chi connectivity index (χ4v) is 3.95. The van der Waals surface area contributed by atoms with Crippen molar-refractivity contribution in [2.75, 3.05) is 0 Å². The zero-order chi connectivity index (χ0) is 22.1. The Kier molecular flexibility index (Phi) is 5.33. The highest BCUT2D eigenvalue weighted by molar-refractivity contribution is 6.33. The first-order chi connectivity index (χ1) is 15.6. The number of nitrogens with zero attached hydrogens (tertiary/aromatic N) is 6. The minimum atomic E-state index is 0.146. The molecule has 3 heterocycles. The maximum absolute atomic E-state index is 6.13. The molecule has 0 bridgehead atoms. The number of aryl methyl sites for hydroxylation is 1. The van der Waals surface area contributed by atoms with Crippen LogP contribution in [0.15, 0.2) is 66.1 Å². The van der Waals surface area contributed by atoms with E-state index in [9.17, 15) is 0 Å². The Morgan fingerprint density at radius 2 is 1.81 bits per heavy atom. The summed E-state index contributed by atoms with van der Waals surface area (Å²) in [5, 5.41) is 10.1. The fraction of sp³-hybridized carbons (Fsp3) is 0.167. The van der Waals surface area contributed by atoms with E-state index in [2.05, 4.69) is 45.8 Å². The maximum atomic E-state index is 6.13. The Bertz CT molecular complexity index is 1440. The lowest BCUT2D eigenvalue weighted by Crippen LogP contribution is -2.03. The summed E-state index contributed by atoms with van der Waals surface area (Å²) < 4.78 is 3.91. The van der Waals surface area contributed by atoms with Crippen LogP contribution in [0, 0.1) is 13.8 Å². The predicted molar refractivity (Wildman–Crippen MR) is 125 cm³/mol. The van der Waals surface area contributed by atoms with Crippen LogP contribution in [0.5, 0.6) is 0 Å². The third-order valence-electron chi connectivity index (χ3n) is 5.54. The van der Waals surface area contributed by atoms with Gasteiger partial charge in [-0.2, -0.15) is 0 Å². The first-order valence-electron chi connectivity index (χ1n) is 10.3. The first kappa shape index (κ1) is 20.2. The summed E-state index contributed by atoms with van der Waals surface area (Å²) in [5.41, 5.74) is 5.97. The topological polar surface area (TPSA) is 69.6 Å². The summed E-state index contributed by atoms with van der Waals surface area (Å²) in [4.78, 5) is 14.8. The van der Waals surface area contributed by atoms with E-state index >= 15 is 0 Å². The first-order valence-corrected chi connectivity index (χ1v) is 10.6. The molecule has 32 heavy (non-hydrogen) atoms. The highest BCUT2D eigenvalue weighted by Gasteiger charge is 2.18. The van der Waals surface area contributed by atoms with Gasteiger partial charge in [0.05, 0.1) is 11.6 Å². The Hall–Kier alpha value is -3.71. The maximum Gasteiger partial charge on any atom is 0.192 e. The monoisotopic (exact) mass is 444 g/mol. The Morgan fingerprint density at radius 3 is 2.62 bits per heavy atom. The zero-order valence-corrected chi connectivity index (χ0v) is 18.5. The molecule has 0 amide bonds. The van der Waals surface area contributed by atoms with Gasteiger partial charge in [0.25, 0.3) is 0 Å². The number of halogens is 1. The van der Waals surface area contributed by atoms with Crippen LogP contribution < -0.4 is 0 Å². The minimum Gasteiger partial charge on any atom is -0.387 e. The van der Waals surface area contributed by atoms with Gasteiger partial charge in [-0.15, -0.1) is 5.10 Å². The van der Waals surface area contributed by atoms with Crippen molar-refractivity contribution in [1.29, 1.82) is 0 Å². The molecule has 0 N–H and O–H groups in total. The van der Waals surface area contributed by atoms with E-state index < -0.39 is 0 Å². The van der Waals surface area contributed by atoms with Crippen LogP contribution in [0.3, 0.4) is 0 Å². The molecule has 0 fully saturated rings. The van der Waals surface area contributed by atoms with Crippen molar-refractivity contribution in [2.45, 2.75) is 27.0 Å². The lowest BCUT2D eigenvalue weighted by molar-refractivity contribution is 0.126. The number of rotatable bonds is 6. The lowest BCUT2D eigenvalue weighted by Gasteiger charge is -2.07. The molecule has 7 nitrogen and oxygen atoms in total. The van der Waals surface area contributed by atoms with Crippen LogP contribution in [0.2, 0.25) is 5.02 Å². The Morgan fingerprint density at radius 1 is 1.03 bits per heavy atom. The number of hydrogen-bond acceptors (Lipinski definition) is 5. The van der Waals surface area contributed by atoms with Crippen molar-refractivity contribution in [2.24, 2.45) is 5.16 Å². The summed E-state index contributed by atoms with van der Waals surface area (Å²) in [6.07, 6.45) is 3.27. The molecule has 160 valence electrons. The van der Waals surface area contributed by atoms with Gasteiger partial charge >= 0.3 is 0 Å². The third-order valence-corrected chi connectivity index (χ3v) is 5.88. The number of hydrogen-bond donors (Lipinski definition) is 0. The summed E-state index contributed by atoms with van der Waals surface area (Å²) in [6, 6.07) is 17.8. The van der Waals surface area contributed by atoms with E-state index in [0.717, 1.165) is 40.0 Å². The predicted octanol–water partition coefficient (Wildman–Crippen LogP) is 4.95. The standard InChI is InChI=1S/C24H21ClN6O/c1-16-17(2)30(13-18-8-4-3-5-9-18)23-22(16)24-28-21(29-31(24)15-26-23)14-32-27-12-19-10-6-7-11-20(19)25/h3-12,15H,13-14H2,1-2H3/b27-12+. The van der Waals surface area contributed by atoms with Gasteiger partial charge in [-0.05, 0) is 31.0 Å². The summed E-state index contributed by atoms with van der Waals surface area (Å²) >= 11 is 6.13. The van der Waals surface area contributed by atoms with Crippen LogP contribution in [0.25, 0.3) is 16.7 Å². The van der Waals surface area contributed by atoms with E-state index in [-0.39, 0.29) is 6.61 Å². The van der Waals surface area contributed by atoms with Crippen molar-refractivity contribution in [3.8, 4) is 0 Å². The molecule has 5 aromatic rings. The smallest absolute Gasteiger partial charge is 0.192 e. The molecule has 0 atom stereocenters. The van der Waals surface area contributed by atoms with E-state index in [4.69, 9.17) is 21.4 Å². The van der Waals surface area contributed by atoms with E-state index in [1.165, 1.54) is 5.56 Å². The largest absolute Gasteiger partial charge is 0.387 e. The minimum absolute atomic E-state index is 0.146. The van der Waals surface area contributed by atoms with Gasteiger partial charge in [-0.1, -0.05) is 65.3 Å². The van der Waals surface area contributed by atoms with Gasteiger partial charge in [0, 0.05) is 22.8 Å². The summed E-state index contributed by atoms with van der Waals surface area (Å²) in [5.74, 6) is 0.531. The van der Waals surface area contributed by atoms with Crippen molar-refractivity contribution in [3.05, 3.63) is 94.2 Å². The van der Waals surface area contributed by atoms with Gasteiger partial charge in [-0.25, -0.2) is 14.5 Å². The molecule has 0 aliphatic carbocycles. The molecule has 0 unspecified atom stereocenters. The second kappa shape index (κ2) is 8.43. The SMILES string of the molecule is Cc1c(C)n(Cc2ccccc2)c2ncn3nc(CO/N=C/c4ccccc4Cl)nc3c12. The molecule has 2 aromatic carbocycles. The highest BCUT2D eigenvalue weighted by Crippen LogP contribution is 2.27. The Labute approximate surface area is 189 Å². The van der Waals surface area contributed by atoms with Crippen LogP contribution in [0.4, 0.5) is 0 Å². The van der Waals surface area contributed by atoms with E-state index in [1.807, 2.05) is 36.4 Å². The van der Waals surface area contributed by atoms with Gasteiger partial charge in [-0.3, -0.25) is 0 Å². The fourth-order valence-electron chi connectivity index (χ4n) is 3.76. The molecule has 0 aliphatic heterocycles. The molecule has 0 spiro atoms. The number of aromatic nitrogens is 5. The average Bonchev–Trinajstić information content (AvgIpc) is 3.33. The zero-order valence-electron chi connectivity index (χ0n) is 17.7. The molecular weight excluding hydrogens is 424 g/mol. The molecule has 0 radical (unpaired) electrons. The average molecular weight is 445 g/mol. The summed E-state index contributed by atoms with van der Waals surface area (Å²) in [6.45, 7) is 5.10. The van der Waals surface area contributed by atoms with E-state index in [0.29, 0.717) is 10.8 Å². The third kappa shape index (κ3) is 3.71. The van der Waals surface area contributed by atoms with Crippen LogP contribution >= 0.6 is 11.6 Å². The second-order valence-corrected chi connectivity index (χ2v) is 7.96. The molecule has 0 saturated heterocycles. The molecular formula is C24H21ClN6O. The molecule has 0 aliphatic rings. The van der Waals surface area contributed by atoms with Crippen LogP contribution in [-0.4, -0.2) is 30.4 Å². The van der Waals surface area contributed by atoms with Crippen molar-refractivity contribution < 1.29 is 4.84 Å². The number of oxime groups is 1. The van der Waals surface area contributed by atoms with Gasteiger partial charge in [0.2, 0.25) is 0 Å². The van der Waals surface area contributed by atoms with Gasteiger partial charge in [0.1, 0.15) is 12.0 Å². The molecule has 8 heteroatoms. The second-order valence-electron chi connectivity index (χ2n) is 7.55. The van der Waals surface area contributed by atoms with Crippen molar-refractivity contribution in [3.63, 3.8) is 0 Å². The van der Waals surface area contributed by atoms with Gasteiger partial charge in [0.15, 0.2) is 18.1 Å². The van der Waals surface area contributed by atoms with Gasteiger partial charge < -0.3 is 9.40 Å². The Balaban J connectivity index is 1.43. The number of fused-ring (bicyclic) bond motifs is 3. The summed E-state index contributed by atoms with van der Waals surface area (Å²) in [7, 11) is 0. The molecule has 5 rings (SSSR count). The number of benzene rings is 2. The van der Waals surface area contributed by atoms with Crippen molar-refractivity contribution in [1.82, 2.24) is 24.1 Å². The van der Waals surface area contributed by atoms with Crippen LogP contribution in [-0.2, 0) is 18.0 Å². The van der Waals surface area contributed by atoms with Crippen molar-refractivity contribution >= 4 is 34.5 Å². The lowest BCUT2D eigenvalue weighted by atomic mass is 10.2. The normalized spacial score (nSPS) is 11.7. The quantitative estimate of drug-likeness (QED) is 0.274. The molecule has 0 saturated carbocycles.